The summed E-state index contributed by atoms with van der Waals surface area (Å²) in [5, 5.41) is 7.95. The van der Waals surface area contributed by atoms with Gasteiger partial charge in [0.05, 0.1) is 17.8 Å². The van der Waals surface area contributed by atoms with Gasteiger partial charge in [0, 0.05) is 6.54 Å². The minimum absolute atomic E-state index is 0.514. The van der Waals surface area contributed by atoms with E-state index >= 15 is 0 Å². The zero-order chi connectivity index (χ0) is 9.80. The van der Waals surface area contributed by atoms with E-state index < -0.39 is 0 Å². The molecular weight excluding hydrogens is 198 g/mol. The first kappa shape index (κ1) is 9.97. The van der Waals surface area contributed by atoms with Gasteiger partial charge in [-0.15, -0.1) is 16.7 Å². The number of halogens is 1. The molecule has 0 atom stereocenters. The lowest BCUT2D eigenvalue weighted by Gasteiger charge is -2.21. The molecule has 14 heavy (non-hydrogen) atoms. The Kier molecular flexibility index (Phi) is 3.40. The fraction of sp³-hybridized carbons (Fsp3) is 0.800. The van der Waals surface area contributed by atoms with Crippen LogP contribution in [0.15, 0.2) is 6.20 Å². The molecule has 1 aliphatic rings. The molecule has 0 aromatic carbocycles. The molecule has 0 radical (unpaired) electrons. The molecular formula is C10H16ClN3. The van der Waals surface area contributed by atoms with Gasteiger partial charge in [0.2, 0.25) is 0 Å². The van der Waals surface area contributed by atoms with Crippen LogP contribution in [0.3, 0.4) is 0 Å². The Morgan fingerprint density at radius 3 is 2.86 bits per heavy atom. The lowest BCUT2D eigenvalue weighted by atomic mass is 9.89. The van der Waals surface area contributed by atoms with E-state index in [2.05, 4.69) is 10.3 Å². The van der Waals surface area contributed by atoms with Crippen molar-refractivity contribution in [2.75, 3.05) is 0 Å². The van der Waals surface area contributed by atoms with Crippen molar-refractivity contribution in [1.82, 2.24) is 15.0 Å². The number of hydrogen-bond donors (Lipinski definition) is 0. The molecule has 2 rings (SSSR count). The van der Waals surface area contributed by atoms with Crippen LogP contribution in [0, 0.1) is 5.92 Å². The van der Waals surface area contributed by atoms with Crippen molar-refractivity contribution in [2.45, 2.75) is 44.5 Å². The van der Waals surface area contributed by atoms with Crippen molar-refractivity contribution >= 4 is 11.6 Å². The van der Waals surface area contributed by atoms with Gasteiger partial charge < -0.3 is 0 Å². The molecule has 0 spiro atoms. The van der Waals surface area contributed by atoms with Crippen molar-refractivity contribution in [3.8, 4) is 0 Å². The summed E-state index contributed by atoms with van der Waals surface area (Å²) in [6.45, 7) is 1.00. The highest BCUT2D eigenvalue weighted by Gasteiger charge is 2.15. The maximum Gasteiger partial charge on any atom is 0.0737 e. The Balaban J connectivity index is 1.95. The van der Waals surface area contributed by atoms with Crippen LogP contribution in [-0.2, 0) is 12.4 Å². The molecule has 78 valence electrons. The Morgan fingerprint density at radius 2 is 2.14 bits per heavy atom. The quantitative estimate of drug-likeness (QED) is 0.723. The van der Waals surface area contributed by atoms with Crippen LogP contribution < -0.4 is 0 Å². The van der Waals surface area contributed by atoms with Crippen LogP contribution in [0.5, 0.6) is 0 Å². The van der Waals surface area contributed by atoms with E-state index in [1.54, 1.807) is 6.20 Å². The van der Waals surface area contributed by atoms with Crippen LogP contribution in [0.25, 0.3) is 0 Å². The second-order valence-electron chi connectivity index (χ2n) is 4.05. The Bertz CT molecular complexity index is 279. The fourth-order valence-electron chi connectivity index (χ4n) is 2.15. The van der Waals surface area contributed by atoms with Crippen LogP contribution in [0.1, 0.15) is 37.8 Å². The molecule has 1 fully saturated rings. The zero-order valence-electron chi connectivity index (χ0n) is 8.32. The van der Waals surface area contributed by atoms with Gasteiger partial charge in [0.15, 0.2) is 0 Å². The monoisotopic (exact) mass is 213 g/mol. The lowest BCUT2D eigenvalue weighted by Crippen LogP contribution is -2.16. The van der Waals surface area contributed by atoms with Crippen LogP contribution in [0.2, 0.25) is 0 Å². The average molecular weight is 214 g/mol. The van der Waals surface area contributed by atoms with E-state index in [4.69, 9.17) is 11.6 Å². The predicted molar refractivity (Wildman–Crippen MR) is 56.2 cm³/mol. The first-order valence-corrected chi connectivity index (χ1v) is 5.87. The van der Waals surface area contributed by atoms with E-state index in [0.29, 0.717) is 5.88 Å². The topological polar surface area (TPSA) is 30.7 Å². The van der Waals surface area contributed by atoms with Gasteiger partial charge in [-0.2, -0.15) is 0 Å². The molecule has 1 aromatic rings. The van der Waals surface area contributed by atoms with Gasteiger partial charge in [-0.05, 0) is 18.8 Å². The highest BCUT2D eigenvalue weighted by molar-refractivity contribution is 6.16. The van der Waals surface area contributed by atoms with E-state index in [-0.39, 0.29) is 0 Å². The smallest absolute Gasteiger partial charge is 0.0737 e. The van der Waals surface area contributed by atoms with Gasteiger partial charge in [-0.3, -0.25) is 0 Å². The van der Waals surface area contributed by atoms with E-state index in [9.17, 15) is 0 Å². The van der Waals surface area contributed by atoms with Crippen molar-refractivity contribution in [3.05, 3.63) is 11.9 Å². The Morgan fingerprint density at radius 1 is 1.36 bits per heavy atom. The minimum Gasteiger partial charge on any atom is -0.248 e. The van der Waals surface area contributed by atoms with Gasteiger partial charge in [0.1, 0.15) is 0 Å². The summed E-state index contributed by atoms with van der Waals surface area (Å²) >= 11 is 5.79. The standard InChI is InChI=1S/C10H16ClN3/c11-6-10-7-12-13-14(10)8-9-4-2-1-3-5-9/h7,9H,1-6,8H2. The summed E-state index contributed by atoms with van der Waals surface area (Å²) in [6, 6.07) is 0. The fourth-order valence-corrected chi connectivity index (χ4v) is 2.36. The van der Waals surface area contributed by atoms with E-state index in [0.717, 1.165) is 18.2 Å². The van der Waals surface area contributed by atoms with Gasteiger partial charge in [0.25, 0.3) is 0 Å². The normalized spacial score (nSPS) is 18.6. The molecule has 0 N–H and O–H groups in total. The maximum absolute atomic E-state index is 5.79. The third-order valence-electron chi connectivity index (χ3n) is 2.99. The molecule has 0 unspecified atom stereocenters. The number of nitrogens with zero attached hydrogens (tertiary/aromatic N) is 3. The van der Waals surface area contributed by atoms with Gasteiger partial charge >= 0.3 is 0 Å². The highest BCUT2D eigenvalue weighted by atomic mass is 35.5. The third-order valence-corrected chi connectivity index (χ3v) is 3.26. The molecule has 1 heterocycles. The highest BCUT2D eigenvalue weighted by Crippen LogP contribution is 2.25. The summed E-state index contributed by atoms with van der Waals surface area (Å²) in [4.78, 5) is 0. The molecule has 0 bridgehead atoms. The Hall–Kier alpha value is -0.570. The summed E-state index contributed by atoms with van der Waals surface area (Å²) < 4.78 is 1.96. The second kappa shape index (κ2) is 4.78. The van der Waals surface area contributed by atoms with Crippen LogP contribution >= 0.6 is 11.6 Å². The van der Waals surface area contributed by atoms with E-state index in [1.165, 1.54) is 32.1 Å². The van der Waals surface area contributed by atoms with Crippen molar-refractivity contribution in [3.63, 3.8) is 0 Å². The zero-order valence-corrected chi connectivity index (χ0v) is 9.08. The summed E-state index contributed by atoms with van der Waals surface area (Å²) in [7, 11) is 0. The molecule has 3 nitrogen and oxygen atoms in total. The summed E-state index contributed by atoms with van der Waals surface area (Å²) in [5.74, 6) is 1.30. The number of aromatic nitrogens is 3. The molecule has 0 aliphatic heterocycles. The lowest BCUT2D eigenvalue weighted by molar-refractivity contribution is 0.303. The van der Waals surface area contributed by atoms with Crippen molar-refractivity contribution in [1.29, 1.82) is 0 Å². The number of hydrogen-bond acceptors (Lipinski definition) is 2. The predicted octanol–water partition coefficient (Wildman–Crippen LogP) is 2.60. The first-order valence-electron chi connectivity index (χ1n) is 5.33. The number of alkyl halides is 1. The Labute approximate surface area is 89.4 Å². The summed E-state index contributed by atoms with van der Waals surface area (Å²) in [6.07, 6.45) is 8.57. The average Bonchev–Trinajstić information content (AvgIpc) is 2.67. The molecule has 1 saturated carbocycles. The molecule has 4 heteroatoms. The van der Waals surface area contributed by atoms with Gasteiger partial charge in [-0.1, -0.05) is 24.5 Å². The van der Waals surface area contributed by atoms with Gasteiger partial charge in [-0.25, -0.2) is 4.68 Å². The summed E-state index contributed by atoms with van der Waals surface area (Å²) in [5.41, 5.74) is 1.04. The SMILES string of the molecule is ClCc1cnnn1CC1CCCCC1. The second-order valence-corrected chi connectivity index (χ2v) is 4.31. The van der Waals surface area contributed by atoms with Crippen molar-refractivity contribution in [2.24, 2.45) is 5.92 Å². The maximum atomic E-state index is 5.79. The number of rotatable bonds is 3. The van der Waals surface area contributed by atoms with Crippen LogP contribution in [0.4, 0.5) is 0 Å². The minimum atomic E-state index is 0.514. The third kappa shape index (κ3) is 2.27. The van der Waals surface area contributed by atoms with E-state index in [1.807, 2.05) is 4.68 Å². The largest absolute Gasteiger partial charge is 0.248 e. The van der Waals surface area contributed by atoms with Crippen molar-refractivity contribution < 1.29 is 0 Å². The molecule has 1 aliphatic carbocycles. The first-order chi connectivity index (χ1) is 6.90. The molecule has 0 amide bonds. The van der Waals surface area contributed by atoms with Crippen LogP contribution in [-0.4, -0.2) is 15.0 Å². The molecule has 1 aromatic heterocycles. The molecule has 0 saturated heterocycles.